The summed E-state index contributed by atoms with van der Waals surface area (Å²) in [5.41, 5.74) is 1.83. The van der Waals surface area contributed by atoms with E-state index < -0.39 is 11.7 Å². The average molecular weight is 368 g/mol. The number of ether oxygens (including phenoxy) is 1. The molecule has 1 rings (SSSR count). The second-order valence-electron chi connectivity index (χ2n) is 7.68. The molecule has 0 aromatic carbocycles. The van der Waals surface area contributed by atoms with E-state index in [1.807, 2.05) is 6.92 Å². The highest BCUT2D eigenvalue weighted by molar-refractivity contribution is 5.78. The summed E-state index contributed by atoms with van der Waals surface area (Å²) in [6, 6.07) is -0.713. The largest absolute Gasteiger partial charge is 0.444 e. The number of hydrogen-bond acceptors (Lipinski definition) is 5. The zero-order valence-electron chi connectivity index (χ0n) is 16.2. The molecule has 26 heavy (non-hydrogen) atoms. The summed E-state index contributed by atoms with van der Waals surface area (Å²) in [4.78, 5) is 34.2. The summed E-state index contributed by atoms with van der Waals surface area (Å²) in [5, 5.41) is 9.34. The fourth-order valence-corrected chi connectivity index (χ4v) is 2.69. The third kappa shape index (κ3) is 9.39. The lowest BCUT2D eigenvalue weighted by molar-refractivity contribution is -0.112. The SMILES string of the molecule is CC[C@@H](/C=N/NC(=O)NC[C@H]1CC[C@H](C=O)CC1)NC(=O)OC(C)(C)C. The van der Waals surface area contributed by atoms with Crippen molar-refractivity contribution in [1.29, 1.82) is 0 Å². The minimum atomic E-state index is -0.567. The maximum atomic E-state index is 11.8. The van der Waals surface area contributed by atoms with Crippen molar-refractivity contribution in [3.8, 4) is 0 Å². The molecular weight excluding hydrogens is 336 g/mol. The summed E-state index contributed by atoms with van der Waals surface area (Å²) in [5.74, 6) is 0.575. The Morgan fingerprint density at radius 3 is 2.42 bits per heavy atom. The van der Waals surface area contributed by atoms with Gasteiger partial charge in [0, 0.05) is 18.7 Å². The number of hydrogen-bond donors (Lipinski definition) is 3. The number of alkyl carbamates (subject to hydrolysis) is 1. The summed E-state index contributed by atoms with van der Waals surface area (Å²) < 4.78 is 5.19. The molecule has 1 aliphatic carbocycles. The molecular formula is C18H32N4O4. The molecule has 8 heteroatoms. The average Bonchev–Trinajstić information content (AvgIpc) is 2.57. The van der Waals surface area contributed by atoms with Crippen LogP contribution < -0.4 is 16.1 Å². The van der Waals surface area contributed by atoms with Gasteiger partial charge in [-0.25, -0.2) is 15.0 Å². The molecule has 0 heterocycles. The first-order valence-electron chi connectivity index (χ1n) is 9.25. The van der Waals surface area contributed by atoms with Gasteiger partial charge in [-0.05, 0) is 58.8 Å². The number of nitrogens with zero attached hydrogens (tertiary/aromatic N) is 1. The zero-order chi connectivity index (χ0) is 19.6. The van der Waals surface area contributed by atoms with Gasteiger partial charge in [-0.1, -0.05) is 6.92 Å². The van der Waals surface area contributed by atoms with E-state index in [4.69, 9.17) is 4.74 Å². The number of nitrogens with one attached hydrogen (secondary N) is 3. The molecule has 0 aromatic heterocycles. The molecule has 8 nitrogen and oxygen atoms in total. The van der Waals surface area contributed by atoms with Crippen LogP contribution >= 0.6 is 0 Å². The predicted molar refractivity (Wildman–Crippen MR) is 100.0 cm³/mol. The molecule has 0 bridgehead atoms. The van der Waals surface area contributed by atoms with Crippen LogP contribution in [0.4, 0.5) is 9.59 Å². The van der Waals surface area contributed by atoms with Crippen molar-refractivity contribution >= 4 is 24.6 Å². The molecule has 0 aliphatic heterocycles. The summed E-state index contributed by atoms with van der Waals surface area (Å²) in [7, 11) is 0. The van der Waals surface area contributed by atoms with Crippen LogP contribution in [-0.4, -0.2) is 42.8 Å². The second kappa shape index (κ2) is 10.8. The zero-order valence-corrected chi connectivity index (χ0v) is 16.2. The van der Waals surface area contributed by atoms with Crippen LogP contribution in [0.25, 0.3) is 0 Å². The number of rotatable bonds is 7. The second-order valence-corrected chi connectivity index (χ2v) is 7.68. The maximum absolute atomic E-state index is 11.8. The van der Waals surface area contributed by atoms with E-state index in [-0.39, 0.29) is 18.0 Å². The first-order chi connectivity index (χ1) is 12.2. The molecule has 1 aliphatic rings. The lowest BCUT2D eigenvalue weighted by Crippen LogP contribution is -2.41. The van der Waals surface area contributed by atoms with Crippen LogP contribution in [0.3, 0.4) is 0 Å². The van der Waals surface area contributed by atoms with Crippen molar-refractivity contribution in [2.75, 3.05) is 6.54 Å². The van der Waals surface area contributed by atoms with Crippen molar-refractivity contribution < 1.29 is 19.1 Å². The Morgan fingerprint density at radius 2 is 1.88 bits per heavy atom. The lowest BCUT2D eigenvalue weighted by atomic mass is 9.83. The Morgan fingerprint density at radius 1 is 1.23 bits per heavy atom. The quantitative estimate of drug-likeness (QED) is 0.364. The van der Waals surface area contributed by atoms with Gasteiger partial charge in [0.05, 0.1) is 6.04 Å². The van der Waals surface area contributed by atoms with Crippen molar-refractivity contribution in [3.63, 3.8) is 0 Å². The Bertz CT molecular complexity index is 494. The van der Waals surface area contributed by atoms with E-state index in [1.165, 1.54) is 6.21 Å². The number of urea groups is 1. The first kappa shape index (κ1) is 21.9. The molecule has 3 amide bonds. The Hall–Kier alpha value is -2.12. The fraction of sp³-hybridized carbons (Fsp3) is 0.778. The highest BCUT2D eigenvalue weighted by atomic mass is 16.6. The van der Waals surface area contributed by atoms with Crippen molar-refractivity contribution in [3.05, 3.63) is 0 Å². The van der Waals surface area contributed by atoms with Crippen molar-refractivity contribution in [1.82, 2.24) is 16.1 Å². The number of carbonyl (C=O) groups excluding carboxylic acids is 3. The third-order valence-electron chi connectivity index (χ3n) is 4.20. The van der Waals surface area contributed by atoms with Crippen LogP contribution in [0.15, 0.2) is 5.10 Å². The van der Waals surface area contributed by atoms with Gasteiger partial charge in [-0.15, -0.1) is 0 Å². The lowest BCUT2D eigenvalue weighted by Gasteiger charge is -2.25. The van der Waals surface area contributed by atoms with Gasteiger partial charge in [0.15, 0.2) is 0 Å². The minimum Gasteiger partial charge on any atom is -0.444 e. The molecule has 0 spiro atoms. The standard InChI is InChI=1S/C18H32N4O4/c1-5-15(21-17(25)26-18(2,3)4)11-20-22-16(24)19-10-13-6-8-14(12-23)9-7-13/h11-15H,5-10H2,1-4H3,(H,21,25)(H2,19,22,24)/b20-11+/t13-,14-,15-/m0/s1. The van der Waals surface area contributed by atoms with Gasteiger partial charge in [-0.3, -0.25) is 0 Å². The third-order valence-corrected chi connectivity index (χ3v) is 4.20. The van der Waals surface area contributed by atoms with E-state index in [1.54, 1.807) is 20.8 Å². The van der Waals surface area contributed by atoms with Crippen LogP contribution in [0.1, 0.15) is 59.8 Å². The van der Waals surface area contributed by atoms with Crippen LogP contribution in [-0.2, 0) is 9.53 Å². The molecule has 1 saturated carbocycles. The predicted octanol–water partition coefficient (Wildman–Crippen LogP) is 2.58. The highest BCUT2D eigenvalue weighted by Crippen LogP contribution is 2.26. The van der Waals surface area contributed by atoms with Crippen LogP contribution in [0.2, 0.25) is 0 Å². The van der Waals surface area contributed by atoms with Gasteiger partial charge in [-0.2, -0.15) is 5.10 Å². The van der Waals surface area contributed by atoms with Gasteiger partial charge >= 0.3 is 12.1 Å². The van der Waals surface area contributed by atoms with Gasteiger partial charge < -0.3 is 20.2 Å². The monoisotopic (exact) mass is 368 g/mol. The maximum Gasteiger partial charge on any atom is 0.408 e. The molecule has 0 saturated heterocycles. The molecule has 0 aromatic rings. The topological polar surface area (TPSA) is 109 Å². The van der Waals surface area contributed by atoms with Crippen LogP contribution in [0, 0.1) is 11.8 Å². The number of amides is 3. The first-order valence-corrected chi connectivity index (χ1v) is 9.25. The normalized spacial score (nSPS) is 21.7. The Kier molecular flexibility index (Phi) is 9.09. The Labute approximate surface area is 155 Å². The number of carbonyl (C=O) groups is 3. The molecule has 1 atom stereocenters. The Balaban J connectivity index is 2.27. The van der Waals surface area contributed by atoms with Gasteiger partial charge in [0.2, 0.25) is 0 Å². The van der Waals surface area contributed by atoms with Crippen LogP contribution in [0.5, 0.6) is 0 Å². The number of hydrazone groups is 1. The molecule has 1 fully saturated rings. The smallest absolute Gasteiger partial charge is 0.408 e. The summed E-state index contributed by atoms with van der Waals surface area (Å²) >= 11 is 0. The minimum absolute atomic E-state index is 0.174. The van der Waals surface area contributed by atoms with Crippen molar-refractivity contribution in [2.24, 2.45) is 16.9 Å². The van der Waals surface area contributed by atoms with E-state index in [2.05, 4.69) is 21.2 Å². The molecule has 0 radical (unpaired) electrons. The van der Waals surface area contributed by atoms with E-state index in [0.717, 1.165) is 32.0 Å². The van der Waals surface area contributed by atoms with E-state index >= 15 is 0 Å². The summed E-state index contributed by atoms with van der Waals surface area (Å²) in [6.07, 6.45) is 6.28. The number of aldehydes is 1. The van der Waals surface area contributed by atoms with E-state index in [0.29, 0.717) is 18.9 Å². The highest BCUT2D eigenvalue weighted by Gasteiger charge is 2.21. The van der Waals surface area contributed by atoms with Gasteiger partial charge in [0.25, 0.3) is 0 Å². The summed E-state index contributed by atoms with van der Waals surface area (Å²) in [6.45, 7) is 7.83. The molecule has 0 unspecified atom stereocenters. The fourth-order valence-electron chi connectivity index (χ4n) is 2.69. The van der Waals surface area contributed by atoms with Gasteiger partial charge in [0.1, 0.15) is 11.9 Å². The van der Waals surface area contributed by atoms with E-state index in [9.17, 15) is 14.4 Å². The molecule has 148 valence electrons. The molecule has 3 N–H and O–H groups in total. The van der Waals surface area contributed by atoms with Crippen molar-refractivity contribution in [2.45, 2.75) is 71.4 Å².